The Balaban J connectivity index is 2.45. The first kappa shape index (κ1) is 10.1. The Morgan fingerprint density at radius 3 is 3.08 bits per heavy atom. The molecule has 4 nitrogen and oxygen atoms in total. The maximum atomic E-state index is 11.4. The third kappa shape index (κ3) is 2.78. The normalized spacial score (nSPS) is 10.0. The zero-order valence-electron chi connectivity index (χ0n) is 7.59. The molecule has 0 atom stereocenters. The van der Waals surface area contributed by atoms with Crippen molar-refractivity contribution < 1.29 is 9.53 Å². The molecule has 0 aliphatic heterocycles. The summed E-state index contributed by atoms with van der Waals surface area (Å²) in [6.07, 6.45) is 0. The number of nitrogens with zero attached hydrogens (tertiary/aromatic N) is 1. The van der Waals surface area contributed by atoms with Gasteiger partial charge in [0, 0.05) is 13.7 Å². The summed E-state index contributed by atoms with van der Waals surface area (Å²) in [5.74, 6) is -0.136. The van der Waals surface area contributed by atoms with Crippen molar-refractivity contribution in [2.75, 3.05) is 20.3 Å². The molecule has 1 heterocycles. The van der Waals surface area contributed by atoms with Crippen molar-refractivity contribution in [3.8, 4) is 0 Å². The zero-order valence-corrected chi connectivity index (χ0v) is 8.40. The second kappa shape index (κ2) is 4.94. The standard InChI is InChI=1S/C8H11N2O2S/c1-6-7(5-13-10-6)8(11)9-3-4-12-2/h3-4H2,1-2H3,(H,9,11). The van der Waals surface area contributed by atoms with E-state index in [1.165, 1.54) is 11.5 Å². The number of aromatic nitrogens is 1. The van der Waals surface area contributed by atoms with Gasteiger partial charge in [0.25, 0.3) is 5.91 Å². The number of nitrogens with one attached hydrogen (secondary N) is 1. The molecule has 0 aliphatic carbocycles. The molecule has 0 saturated heterocycles. The maximum Gasteiger partial charge on any atom is 0.254 e. The third-order valence-electron chi connectivity index (χ3n) is 1.51. The molecule has 1 amide bonds. The van der Waals surface area contributed by atoms with E-state index < -0.39 is 0 Å². The van der Waals surface area contributed by atoms with Crippen LogP contribution in [0.2, 0.25) is 0 Å². The molecule has 5 heteroatoms. The van der Waals surface area contributed by atoms with Crippen LogP contribution in [0.3, 0.4) is 0 Å². The molecule has 1 radical (unpaired) electrons. The predicted molar refractivity (Wildman–Crippen MR) is 49.9 cm³/mol. The summed E-state index contributed by atoms with van der Waals surface area (Å²) in [7, 11) is 1.59. The van der Waals surface area contributed by atoms with Crippen molar-refractivity contribution in [3.63, 3.8) is 0 Å². The Kier molecular flexibility index (Phi) is 3.85. The van der Waals surface area contributed by atoms with E-state index in [0.29, 0.717) is 18.7 Å². The van der Waals surface area contributed by atoms with Crippen molar-refractivity contribution in [1.82, 2.24) is 9.69 Å². The van der Waals surface area contributed by atoms with Crippen molar-refractivity contribution in [2.24, 2.45) is 0 Å². The van der Waals surface area contributed by atoms with Gasteiger partial charge in [-0.1, -0.05) is 0 Å². The molecule has 0 spiro atoms. The minimum Gasteiger partial charge on any atom is -0.383 e. The van der Waals surface area contributed by atoms with Crippen molar-refractivity contribution in [2.45, 2.75) is 6.92 Å². The number of carbonyl (C=O) groups excluding carboxylic acids is 1. The first-order valence-corrected chi connectivity index (χ1v) is 4.64. The van der Waals surface area contributed by atoms with Gasteiger partial charge in [0.1, 0.15) is 0 Å². The fraction of sp³-hybridized carbons (Fsp3) is 0.500. The van der Waals surface area contributed by atoms with Crippen LogP contribution in [0.5, 0.6) is 0 Å². The van der Waals surface area contributed by atoms with Gasteiger partial charge in [-0.25, -0.2) is 0 Å². The zero-order chi connectivity index (χ0) is 9.68. The Labute approximate surface area is 81.1 Å². The molecule has 0 aromatic carbocycles. The minimum absolute atomic E-state index is 0.136. The molecule has 1 N–H and O–H groups in total. The van der Waals surface area contributed by atoms with Crippen molar-refractivity contribution >= 4 is 17.4 Å². The van der Waals surface area contributed by atoms with E-state index in [4.69, 9.17) is 4.74 Å². The highest BCUT2D eigenvalue weighted by Gasteiger charge is 2.10. The number of hydrogen-bond donors (Lipinski definition) is 1. The molecule has 0 saturated carbocycles. The van der Waals surface area contributed by atoms with E-state index in [2.05, 4.69) is 15.1 Å². The van der Waals surface area contributed by atoms with Crippen LogP contribution in [0.1, 0.15) is 16.1 Å². The second-order valence-electron chi connectivity index (χ2n) is 2.49. The first-order chi connectivity index (χ1) is 6.25. The molecule has 1 aromatic heterocycles. The molecular weight excluding hydrogens is 188 g/mol. The monoisotopic (exact) mass is 199 g/mol. The lowest BCUT2D eigenvalue weighted by Gasteiger charge is -2.02. The SMILES string of the molecule is COCCNC(=O)c1[c]snc1C. The van der Waals surface area contributed by atoms with E-state index in [0.717, 1.165) is 5.69 Å². The molecule has 0 aliphatic rings. The lowest BCUT2D eigenvalue weighted by molar-refractivity contribution is 0.0936. The Bertz CT molecular complexity index is 285. The molecular formula is C8H11N2O2S. The highest BCUT2D eigenvalue weighted by Crippen LogP contribution is 2.07. The summed E-state index contributed by atoms with van der Waals surface area (Å²) in [6, 6.07) is 0. The number of ether oxygens (including phenoxy) is 1. The predicted octanol–water partition coefficient (Wildman–Crippen LogP) is 0.628. The first-order valence-electron chi connectivity index (χ1n) is 3.86. The number of methoxy groups -OCH3 is 1. The Morgan fingerprint density at radius 1 is 1.77 bits per heavy atom. The van der Waals surface area contributed by atoms with Gasteiger partial charge < -0.3 is 10.1 Å². The molecule has 13 heavy (non-hydrogen) atoms. The number of aryl methyl sites for hydroxylation is 1. The molecule has 0 unspecified atom stereocenters. The van der Waals surface area contributed by atoms with E-state index in [1.807, 2.05) is 0 Å². The summed E-state index contributed by atoms with van der Waals surface area (Å²) >= 11 is 1.17. The third-order valence-corrected chi connectivity index (χ3v) is 2.17. The summed E-state index contributed by atoms with van der Waals surface area (Å²) < 4.78 is 8.76. The van der Waals surface area contributed by atoms with Crippen LogP contribution in [-0.2, 0) is 4.74 Å². The quantitative estimate of drug-likeness (QED) is 0.723. The summed E-state index contributed by atoms with van der Waals surface area (Å²) in [5, 5.41) is 5.51. The second-order valence-corrected chi connectivity index (χ2v) is 3.06. The minimum atomic E-state index is -0.136. The molecule has 1 aromatic rings. The van der Waals surface area contributed by atoms with Gasteiger partial charge in [0.15, 0.2) is 0 Å². The lowest BCUT2D eigenvalue weighted by atomic mass is 10.2. The van der Waals surface area contributed by atoms with Gasteiger partial charge >= 0.3 is 0 Å². The average Bonchev–Trinajstić information content (AvgIpc) is 2.52. The van der Waals surface area contributed by atoms with E-state index >= 15 is 0 Å². The van der Waals surface area contributed by atoms with Crippen LogP contribution in [0.4, 0.5) is 0 Å². The van der Waals surface area contributed by atoms with Crippen LogP contribution in [0.15, 0.2) is 0 Å². The smallest absolute Gasteiger partial charge is 0.254 e. The van der Waals surface area contributed by atoms with Crippen molar-refractivity contribution in [3.05, 3.63) is 16.6 Å². The summed E-state index contributed by atoms with van der Waals surface area (Å²) in [6.45, 7) is 2.82. The molecule has 1 rings (SSSR count). The van der Waals surface area contributed by atoms with Crippen molar-refractivity contribution in [1.29, 1.82) is 0 Å². The van der Waals surface area contributed by atoms with Crippen LogP contribution in [0, 0.1) is 12.3 Å². The van der Waals surface area contributed by atoms with Gasteiger partial charge in [-0.3, -0.25) is 4.79 Å². The maximum absolute atomic E-state index is 11.4. The summed E-state index contributed by atoms with van der Waals surface area (Å²) in [4.78, 5) is 11.4. The lowest BCUT2D eigenvalue weighted by Crippen LogP contribution is -2.27. The largest absolute Gasteiger partial charge is 0.383 e. The Morgan fingerprint density at radius 2 is 2.54 bits per heavy atom. The van der Waals surface area contributed by atoms with E-state index in [1.54, 1.807) is 14.0 Å². The van der Waals surface area contributed by atoms with Gasteiger partial charge in [0.2, 0.25) is 0 Å². The number of hydrogen-bond acceptors (Lipinski definition) is 4. The number of carbonyl (C=O) groups is 1. The van der Waals surface area contributed by atoms with Gasteiger partial charge in [0.05, 0.1) is 23.2 Å². The van der Waals surface area contributed by atoms with E-state index in [9.17, 15) is 4.79 Å². The van der Waals surface area contributed by atoms with Crippen LogP contribution >= 0.6 is 11.5 Å². The van der Waals surface area contributed by atoms with Gasteiger partial charge in [-0.15, -0.1) is 0 Å². The topological polar surface area (TPSA) is 51.2 Å². The van der Waals surface area contributed by atoms with Crippen LogP contribution < -0.4 is 5.32 Å². The highest BCUT2D eigenvalue weighted by atomic mass is 32.1. The molecule has 0 fully saturated rings. The highest BCUT2D eigenvalue weighted by molar-refractivity contribution is 7.03. The van der Waals surface area contributed by atoms with Crippen LogP contribution in [0.25, 0.3) is 0 Å². The number of rotatable bonds is 4. The fourth-order valence-corrected chi connectivity index (χ4v) is 1.43. The van der Waals surface area contributed by atoms with Gasteiger partial charge in [-0.05, 0) is 18.5 Å². The molecule has 0 bridgehead atoms. The van der Waals surface area contributed by atoms with Gasteiger partial charge in [-0.2, -0.15) is 4.37 Å². The number of amides is 1. The fourth-order valence-electron chi connectivity index (χ4n) is 0.822. The summed E-state index contributed by atoms with van der Waals surface area (Å²) in [5.41, 5.74) is 1.25. The van der Waals surface area contributed by atoms with E-state index in [-0.39, 0.29) is 5.91 Å². The van der Waals surface area contributed by atoms with Crippen LogP contribution in [-0.4, -0.2) is 30.5 Å². The average molecular weight is 199 g/mol. The molecule has 71 valence electrons. The Hall–Kier alpha value is -0.940.